The Kier molecular flexibility index (Phi) is 3.84. The molecule has 2 rings (SSSR count). The molecule has 2 aromatic rings. The molecule has 6 heteroatoms. The van der Waals surface area contributed by atoms with E-state index in [0.29, 0.717) is 28.2 Å². The van der Waals surface area contributed by atoms with Gasteiger partial charge in [-0.2, -0.15) is 4.98 Å². The smallest absolute Gasteiger partial charge is 0.268 e. The second kappa shape index (κ2) is 5.55. The monoisotopic (exact) mass is 265 g/mol. The van der Waals surface area contributed by atoms with E-state index in [-0.39, 0.29) is 0 Å². The molecule has 1 aromatic carbocycles. The minimum absolute atomic E-state index is 0.333. The second-order valence-corrected chi connectivity index (χ2v) is 3.81. The van der Waals surface area contributed by atoms with Crippen molar-refractivity contribution in [3.63, 3.8) is 0 Å². The highest BCUT2D eigenvalue weighted by Crippen LogP contribution is 2.34. The summed E-state index contributed by atoms with van der Waals surface area (Å²) in [4.78, 5) is 8.08. The summed E-state index contributed by atoms with van der Waals surface area (Å²) in [5.74, 6) is 1.92. The van der Waals surface area contributed by atoms with Crippen LogP contribution in [0.4, 0.5) is 5.82 Å². The lowest BCUT2D eigenvalue weighted by Gasteiger charge is -2.11. The highest BCUT2D eigenvalue weighted by atomic mass is 35.5. The molecule has 0 bridgehead atoms. The number of benzene rings is 1. The molecule has 1 aromatic heterocycles. The van der Waals surface area contributed by atoms with Crippen LogP contribution in [0.1, 0.15) is 0 Å². The normalized spacial score (nSPS) is 9.94. The lowest BCUT2D eigenvalue weighted by Crippen LogP contribution is -2.00. The molecule has 0 aliphatic heterocycles. The fraction of sp³-hybridized carbons (Fsp3) is 0.167. The first-order valence-electron chi connectivity index (χ1n) is 5.24. The molecule has 0 fully saturated rings. The van der Waals surface area contributed by atoms with Gasteiger partial charge < -0.3 is 14.8 Å². The van der Waals surface area contributed by atoms with Crippen molar-refractivity contribution in [1.29, 1.82) is 0 Å². The number of ether oxygens (including phenoxy) is 2. The molecule has 0 amide bonds. The van der Waals surface area contributed by atoms with Crippen molar-refractivity contribution in [1.82, 2.24) is 9.97 Å². The number of aromatic nitrogens is 2. The first-order chi connectivity index (χ1) is 8.74. The summed E-state index contributed by atoms with van der Waals surface area (Å²) in [5, 5.41) is 3.49. The number of nitrogens with zero attached hydrogens (tertiary/aromatic N) is 2. The summed E-state index contributed by atoms with van der Waals surface area (Å²) in [6.07, 6.45) is 1.40. The predicted octanol–water partition coefficient (Wildman–Crippen LogP) is 2.97. The summed E-state index contributed by atoms with van der Waals surface area (Å²) in [6.45, 7) is 0. The van der Waals surface area contributed by atoms with Gasteiger partial charge >= 0.3 is 0 Å². The number of rotatable bonds is 4. The lowest BCUT2D eigenvalue weighted by atomic mass is 10.3. The van der Waals surface area contributed by atoms with E-state index in [1.54, 1.807) is 31.3 Å². The van der Waals surface area contributed by atoms with E-state index in [0.717, 1.165) is 0 Å². The van der Waals surface area contributed by atoms with E-state index in [9.17, 15) is 0 Å². The second-order valence-electron chi connectivity index (χ2n) is 3.37. The molecular formula is C12H12ClN3O2. The third kappa shape index (κ3) is 2.62. The van der Waals surface area contributed by atoms with Crippen LogP contribution in [0.5, 0.6) is 17.4 Å². The molecule has 0 unspecified atom stereocenters. The van der Waals surface area contributed by atoms with Crippen LogP contribution in [0.25, 0.3) is 0 Å². The number of nitrogens with one attached hydrogen (secondary N) is 1. The van der Waals surface area contributed by atoms with E-state index in [1.807, 2.05) is 0 Å². The third-order valence-electron chi connectivity index (χ3n) is 2.22. The van der Waals surface area contributed by atoms with Crippen LogP contribution < -0.4 is 14.8 Å². The van der Waals surface area contributed by atoms with Crippen molar-refractivity contribution in [2.45, 2.75) is 0 Å². The van der Waals surface area contributed by atoms with Crippen molar-refractivity contribution in [3.05, 3.63) is 35.6 Å². The fourth-order valence-electron chi connectivity index (χ4n) is 1.43. The van der Waals surface area contributed by atoms with Gasteiger partial charge in [0.25, 0.3) is 5.88 Å². The molecule has 0 spiro atoms. The number of hydrogen-bond acceptors (Lipinski definition) is 5. The zero-order valence-electron chi connectivity index (χ0n) is 9.98. The lowest BCUT2D eigenvalue weighted by molar-refractivity contribution is 0.369. The van der Waals surface area contributed by atoms with Crippen LogP contribution in [0.3, 0.4) is 0 Å². The molecule has 1 N–H and O–H groups in total. The maximum absolute atomic E-state index is 5.89. The molecule has 0 saturated carbocycles. The van der Waals surface area contributed by atoms with Crippen molar-refractivity contribution < 1.29 is 9.47 Å². The third-order valence-corrected chi connectivity index (χ3v) is 2.46. The Morgan fingerprint density at radius 3 is 2.78 bits per heavy atom. The molecule has 18 heavy (non-hydrogen) atoms. The average Bonchev–Trinajstić information content (AvgIpc) is 2.38. The highest BCUT2D eigenvalue weighted by Gasteiger charge is 2.13. The Morgan fingerprint density at radius 1 is 1.28 bits per heavy atom. The average molecular weight is 266 g/mol. The van der Waals surface area contributed by atoms with Gasteiger partial charge in [0.2, 0.25) is 5.75 Å². The van der Waals surface area contributed by atoms with Crippen LogP contribution in [0.15, 0.2) is 30.6 Å². The molecule has 0 aliphatic carbocycles. The Balaban J connectivity index is 2.34. The summed E-state index contributed by atoms with van der Waals surface area (Å²) in [5.41, 5.74) is 0. The maximum Gasteiger partial charge on any atom is 0.268 e. The van der Waals surface area contributed by atoms with Crippen molar-refractivity contribution in [2.75, 3.05) is 19.5 Å². The number of hydrogen-bond donors (Lipinski definition) is 1. The molecular weight excluding hydrogens is 254 g/mol. The first-order valence-corrected chi connectivity index (χ1v) is 5.62. The van der Waals surface area contributed by atoms with E-state index in [2.05, 4.69) is 15.3 Å². The molecule has 5 nitrogen and oxygen atoms in total. The van der Waals surface area contributed by atoms with E-state index in [4.69, 9.17) is 21.1 Å². The van der Waals surface area contributed by atoms with Gasteiger partial charge in [-0.3, -0.25) is 0 Å². The van der Waals surface area contributed by atoms with Gasteiger partial charge in [-0.05, 0) is 18.2 Å². The minimum atomic E-state index is 0.333. The van der Waals surface area contributed by atoms with Crippen LogP contribution >= 0.6 is 11.6 Å². The Morgan fingerprint density at radius 2 is 2.11 bits per heavy atom. The molecule has 0 radical (unpaired) electrons. The molecule has 0 atom stereocenters. The Labute approximate surface area is 110 Å². The van der Waals surface area contributed by atoms with Crippen molar-refractivity contribution in [3.8, 4) is 17.4 Å². The van der Waals surface area contributed by atoms with Gasteiger partial charge in [-0.15, -0.1) is 0 Å². The molecule has 1 heterocycles. The van der Waals surface area contributed by atoms with Crippen LogP contribution in [-0.4, -0.2) is 24.1 Å². The van der Waals surface area contributed by atoms with Crippen LogP contribution in [0, 0.1) is 0 Å². The van der Waals surface area contributed by atoms with Crippen LogP contribution in [-0.2, 0) is 0 Å². The van der Waals surface area contributed by atoms with Gasteiger partial charge in [0.05, 0.1) is 7.11 Å². The van der Waals surface area contributed by atoms with Crippen LogP contribution in [0.2, 0.25) is 5.02 Å². The zero-order valence-corrected chi connectivity index (χ0v) is 10.7. The number of anilines is 1. The molecule has 0 saturated heterocycles. The number of halogens is 1. The van der Waals surface area contributed by atoms with Gasteiger partial charge in [0.1, 0.15) is 12.1 Å². The number of methoxy groups -OCH3 is 1. The quantitative estimate of drug-likeness (QED) is 0.921. The molecule has 0 aliphatic rings. The summed E-state index contributed by atoms with van der Waals surface area (Å²) >= 11 is 5.89. The van der Waals surface area contributed by atoms with E-state index < -0.39 is 0 Å². The van der Waals surface area contributed by atoms with Crippen molar-refractivity contribution in [2.24, 2.45) is 0 Å². The van der Waals surface area contributed by atoms with Gasteiger partial charge in [-0.1, -0.05) is 17.7 Å². The maximum atomic E-state index is 5.89. The van der Waals surface area contributed by atoms with Gasteiger partial charge in [-0.25, -0.2) is 4.98 Å². The van der Waals surface area contributed by atoms with Gasteiger partial charge in [0.15, 0.2) is 5.82 Å². The predicted molar refractivity (Wildman–Crippen MR) is 69.7 cm³/mol. The fourth-order valence-corrected chi connectivity index (χ4v) is 1.61. The molecule has 94 valence electrons. The zero-order chi connectivity index (χ0) is 13.0. The SMILES string of the molecule is CNc1ncnc(Oc2cccc(Cl)c2)c1OC. The van der Waals surface area contributed by atoms with E-state index >= 15 is 0 Å². The Bertz CT molecular complexity index is 549. The summed E-state index contributed by atoms with van der Waals surface area (Å²) in [7, 11) is 3.28. The van der Waals surface area contributed by atoms with Gasteiger partial charge in [0, 0.05) is 12.1 Å². The Hall–Kier alpha value is -2.01. The summed E-state index contributed by atoms with van der Waals surface area (Å²) < 4.78 is 10.8. The highest BCUT2D eigenvalue weighted by molar-refractivity contribution is 6.30. The standard InChI is InChI=1S/C12H12ClN3O2/c1-14-11-10(17-2)12(16-7-15-11)18-9-5-3-4-8(13)6-9/h3-7H,1-2H3,(H,14,15,16). The summed E-state index contributed by atoms with van der Waals surface area (Å²) in [6, 6.07) is 7.05. The largest absolute Gasteiger partial charge is 0.489 e. The van der Waals surface area contributed by atoms with E-state index in [1.165, 1.54) is 13.4 Å². The van der Waals surface area contributed by atoms with Crippen molar-refractivity contribution >= 4 is 17.4 Å². The minimum Gasteiger partial charge on any atom is -0.489 e. The topological polar surface area (TPSA) is 56.3 Å². The first kappa shape index (κ1) is 12.4.